The Morgan fingerprint density at radius 2 is 1.45 bits per heavy atom. The molecule has 22 heavy (non-hydrogen) atoms. The fourth-order valence-electron chi connectivity index (χ4n) is 2.24. The van der Waals surface area contributed by atoms with Crippen molar-refractivity contribution in [3.8, 4) is 0 Å². The molecule has 0 unspecified atom stereocenters. The Morgan fingerprint density at radius 3 is 2.00 bits per heavy atom. The van der Waals surface area contributed by atoms with E-state index in [1.165, 1.54) is 0 Å². The van der Waals surface area contributed by atoms with Crippen LogP contribution in [0, 0.1) is 0 Å². The minimum absolute atomic E-state index is 0.190. The van der Waals surface area contributed by atoms with E-state index in [0.717, 1.165) is 11.1 Å². The fraction of sp³-hybridized carbons (Fsp3) is 0.222. The van der Waals surface area contributed by atoms with Gasteiger partial charge in [0.25, 0.3) is 0 Å². The molecule has 0 saturated heterocycles. The number of hydrogen-bond donors (Lipinski definition) is 2. The van der Waals surface area contributed by atoms with Gasteiger partial charge in [-0.15, -0.1) is 0 Å². The van der Waals surface area contributed by atoms with Gasteiger partial charge >= 0.3 is 5.97 Å². The Hall–Kier alpha value is -2.62. The summed E-state index contributed by atoms with van der Waals surface area (Å²) in [6, 6.07) is 18.1. The quantitative estimate of drug-likeness (QED) is 0.825. The summed E-state index contributed by atoms with van der Waals surface area (Å²) in [6.45, 7) is 0. The lowest BCUT2D eigenvalue weighted by atomic mass is 10.0. The van der Waals surface area contributed by atoms with Gasteiger partial charge in [-0.05, 0) is 24.0 Å². The van der Waals surface area contributed by atoms with Gasteiger partial charge in [0.2, 0.25) is 5.91 Å². The third kappa shape index (κ3) is 5.05. The van der Waals surface area contributed by atoms with Crippen molar-refractivity contribution in [2.75, 3.05) is 0 Å². The Morgan fingerprint density at radius 1 is 0.909 bits per heavy atom. The molecule has 0 aromatic heterocycles. The Labute approximate surface area is 129 Å². The number of rotatable bonds is 7. The standard InChI is InChI=1S/C18H19NO3/c20-17(13-15-9-5-2-6-10-15)19-16(18(21)22)12-11-14-7-3-1-4-8-14/h1-10,16H,11-13H2,(H,19,20)(H,21,22)/t16-/m1/s1. The monoisotopic (exact) mass is 297 g/mol. The molecular formula is C18H19NO3. The lowest BCUT2D eigenvalue weighted by Crippen LogP contribution is -2.41. The van der Waals surface area contributed by atoms with Gasteiger partial charge in [0.15, 0.2) is 0 Å². The van der Waals surface area contributed by atoms with Crippen molar-refractivity contribution < 1.29 is 14.7 Å². The number of amides is 1. The molecule has 0 heterocycles. The van der Waals surface area contributed by atoms with Crippen LogP contribution in [0.15, 0.2) is 60.7 Å². The fourth-order valence-corrected chi connectivity index (χ4v) is 2.24. The second kappa shape index (κ2) is 7.98. The van der Waals surface area contributed by atoms with Gasteiger partial charge < -0.3 is 10.4 Å². The number of carboxylic acid groups (broad SMARTS) is 1. The summed E-state index contributed by atoms with van der Waals surface area (Å²) in [4.78, 5) is 23.3. The molecule has 0 saturated carbocycles. The number of carbonyl (C=O) groups excluding carboxylic acids is 1. The highest BCUT2D eigenvalue weighted by atomic mass is 16.4. The summed E-state index contributed by atoms with van der Waals surface area (Å²) in [6.07, 6.45) is 1.18. The largest absolute Gasteiger partial charge is 0.480 e. The predicted molar refractivity (Wildman–Crippen MR) is 84.5 cm³/mol. The van der Waals surface area contributed by atoms with Crippen molar-refractivity contribution in [3.05, 3.63) is 71.8 Å². The summed E-state index contributed by atoms with van der Waals surface area (Å²) in [7, 11) is 0. The molecule has 2 aromatic carbocycles. The molecule has 2 rings (SSSR count). The number of aryl methyl sites for hydroxylation is 1. The number of benzene rings is 2. The maximum atomic E-state index is 12.0. The molecule has 0 radical (unpaired) electrons. The second-order valence-electron chi connectivity index (χ2n) is 5.14. The van der Waals surface area contributed by atoms with Crippen LogP contribution in [0.25, 0.3) is 0 Å². The number of carbonyl (C=O) groups is 2. The lowest BCUT2D eigenvalue weighted by Gasteiger charge is -2.14. The molecule has 4 nitrogen and oxygen atoms in total. The van der Waals surface area contributed by atoms with Crippen LogP contribution in [0.5, 0.6) is 0 Å². The zero-order valence-corrected chi connectivity index (χ0v) is 12.2. The van der Waals surface area contributed by atoms with Crippen LogP contribution in [0.1, 0.15) is 17.5 Å². The first kappa shape index (κ1) is 15.8. The van der Waals surface area contributed by atoms with Crippen LogP contribution in [0.4, 0.5) is 0 Å². The predicted octanol–water partition coefficient (Wildman–Crippen LogP) is 2.43. The van der Waals surface area contributed by atoms with E-state index >= 15 is 0 Å². The van der Waals surface area contributed by atoms with Gasteiger partial charge in [0.05, 0.1) is 6.42 Å². The van der Waals surface area contributed by atoms with E-state index in [-0.39, 0.29) is 12.3 Å². The van der Waals surface area contributed by atoms with Gasteiger partial charge in [0, 0.05) is 0 Å². The maximum absolute atomic E-state index is 12.0. The van der Waals surface area contributed by atoms with Crippen molar-refractivity contribution in [2.24, 2.45) is 0 Å². The molecule has 114 valence electrons. The molecule has 0 aliphatic heterocycles. The van der Waals surface area contributed by atoms with E-state index in [0.29, 0.717) is 12.8 Å². The molecule has 1 atom stereocenters. The highest BCUT2D eigenvalue weighted by Gasteiger charge is 2.19. The average molecular weight is 297 g/mol. The maximum Gasteiger partial charge on any atom is 0.326 e. The molecule has 2 aromatic rings. The number of nitrogens with one attached hydrogen (secondary N) is 1. The first-order chi connectivity index (χ1) is 10.6. The molecule has 0 bridgehead atoms. The molecule has 0 spiro atoms. The third-order valence-electron chi connectivity index (χ3n) is 3.41. The zero-order chi connectivity index (χ0) is 15.8. The minimum atomic E-state index is -1.00. The molecule has 1 amide bonds. The number of hydrogen-bond acceptors (Lipinski definition) is 2. The van der Waals surface area contributed by atoms with Crippen LogP contribution >= 0.6 is 0 Å². The van der Waals surface area contributed by atoms with E-state index in [4.69, 9.17) is 0 Å². The minimum Gasteiger partial charge on any atom is -0.480 e. The molecule has 2 N–H and O–H groups in total. The Bertz CT molecular complexity index is 611. The molecule has 0 aliphatic rings. The van der Waals surface area contributed by atoms with E-state index in [2.05, 4.69) is 5.32 Å². The normalized spacial score (nSPS) is 11.6. The summed E-state index contributed by atoms with van der Waals surface area (Å²) >= 11 is 0. The summed E-state index contributed by atoms with van der Waals surface area (Å²) < 4.78 is 0. The Balaban J connectivity index is 1.88. The third-order valence-corrected chi connectivity index (χ3v) is 3.41. The van der Waals surface area contributed by atoms with Crippen molar-refractivity contribution in [1.82, 2.24) is 5.32 Å². The first-order valence-corrected chi connectivity index (χ1v) is 7.25. The smallest absolute Gasteiger partial charge is 0.326 e. The van der Waals surface area contributed by atoms with Crippen LogP contribution in [-0.2, 0) is 22.4 Å². The summed E-state index contributed by atoms with van der Waals surface area (Å²) in [5, 5.41) is 11.8. The van der Waals surface area contributed by atoms with Crippen molar-refractivity contribution in [3.63, 3.8) is 0 Å². The van der Waals surface area contributed by atoms with Crippen molar-refractivity contribution >= 4 is 11.9 Å². The van der Waals surface area contributed by atoms with Crippen molar-refractivity contribution in [1.29, 1.82) is 0 Å². The van der Waals surface area contributed by atoms with E-state index in [9.17, 15) is 14.7 Å². The van der Waals surface area contributed by atoms with Crippen LogP contribution in [0.3, 0.4) is 0 Å². The van der Waals surface area contributed by atoms with Crippen LogP contribution in [0.2, 0.25) is 0 Å². The SMILES string of the molecule is O=C(Cc1ccccc1)N[C@H](CCc1ccccc1)C(=O)O. The summed E-state index contributed by atoms with van der Waals surface area (Å²) in [5.41, 5.74) is 1.93. The van der Waals surface area contributed by atoms with Gasteiger partial charge in [-0.25, -0.2) is 4.79 Å². The zero-order valence-electron chi connectivity index (χ0n) is 12.2. The second-order valence-corrected chi connectivity index (χ2v) is 5.14. The van der Waals surface area contributed by atoms with E-state index in [1.54, 1.807) is 0 Å². The van der Waals surface area contributed by atoms with E-state index in [1.807, 2.05) is 60.7 Å². The Kier molecular flexibility index (Phi) is 5.72. The molecule has 0 aliphatic carbocycles. The van der Waals surface area contributed by atoms with Gasteiger partial charge in [-0.2, -0.15) is 0 Å². The topological polar surface area (TPSA) is 66.4 Å². The van der Waals surface area contributed by atoms with Gasteiger partial charge in [-0.3, -0.25) is 4.79 Å². The first-order valence-electron chi connectivity index (χ1n) is 7.25. The average Bonchev–Trinajstić information content (AvgIpc) is 2.53. The number of carboxylic acids is 1. The van der Waals surface area contributed by atoms with Crippen molar-refractivity contribution in [2.45, 2.75) is 25.3 Å². The van der Waals surface area contributed by atoms with Gasteiger partial charge in [0.1, 0.15) is 6.04 Å². The van der Waals surface area contributed by atoms with Crippen LogP contribution in [-0.4, -0.2) is 23.0 Å². The van der Waals surface area contributed by atoms with E-state index < -0.39 is 12.0 Å². The summed E-state index contributed by atoms with van der Waals surface area (Å²) in [5.74, 6) is -1.27. The van der Waals surface area contributed by atoms with Gasteiger partial charge in [-0.1, -0.05) is 60.7 Å². The number of aliphatic carboxylic acids is 1. The highest BCUT2D eigenvalue weighted by molar-refractivity contribution is 5.84. The molecule has 0 fully saturated rings. The molecular weight excluding hydrogens is 278 g/mol. The van der Waals surface area contributed by atoms with Crippen LogP contribution < -0.4 is 5.32 Å². The highest BCUT2D eigenvalue weighted by Crippen LogP contribution is 2.06. The molecule has 4 heteroatoms. The lowest BCUT2D eigenvalue weighted by molar-refractivity contribution is -0.141.